The largest absolute Gasteiger partial charge is 0.444 e. The maximum absolute atomic E-state index is 13.5. The summed E-state index contributed by atoms with van der Waals surface area (Å²) in [6, 6.07) is 4.50. The second-order valence-corrected chi connectivity index (χ2v) is 8.47. The zero-order chi connectivity index (χ0) is 25.0. The van der Waals surface area contributed by atoms with Crippen molar-refractivity contribution in [2.24, 2.45) is 7.05 Å². The number of aryl methyl sites for hydroxylation is 2. The molecule has 0 unspecified atom stereocenters. The van der Waals surface area contributed by atoms with Crippen molar-refractivity contribution in [3.63, 3.8) is 0 Å². The normalized spacial score (nSPS) is 12.1. The summed E-state index contributed by atoms with van der Waals surface area (Å²) in [6.45, 7) is 8.60. The van der Waals surface area contributed by atoms with Crippen LogP contribution in [0.4, 0.5) is 25.5 Å². The van der Waals surface area contributed by atoms with Crippen LogP contribution in [0.1, 0.15) is 45.1 Å². The van der Waals surface area contributed by atoms with Crippen LogP contribution in [0, 0.1) is 12.7 Å². The Morgan fingerprint density at radius 2 is 1.85 bits per heavy atom. The average molecular weight is 471 g/mol. The van der Waals surface area contributed by atoms with Crippen molar-refractivity contribution in [2.45, 2.75) is 46.3 Å². The monoisotopic (exact) mass is 471 g/mol. The maximum Gasteiger partial charge on any atom is 0.413 e. The zero-order valence-corrected chi connectivity index (χ0v) is 19.7. The van der Waals surface area contributed by atoms with Crippen molar-refractivity contribution in [1.29, 1.82) is 0 Å². The van der Waals surface area contributed by atoms with E-state index in [1.165, 1.54) is 16.9 Å². The maximum atomic E-state index is 13.5. The van der Waals surface area contributed by atoms with E-state index in [1.807, 2.05) is 0 Å². The molecule has 12 heteroatoms. The van der Waals surface area contributed by atoms with E-state index < -0.39 is 29.7 Å². The van der Waals surface area contributed by atoms with Gasteiger partial charge in [-0.2, -0.15) is 0 Å². The van der Waals surface area contributed by atoms with Crippen LogP contribution in [0.5, 0.6) is 0 Å². The van der Waals surface area contributed by atoms with Gasteiger partial charge in [-0.15, -0.1) is 5.10 Å². The first-order chi connectivity index (χ1) is 15.9. The third kappa shape index (κ3) is 6.24. The van der Waals surface area contributed by atoms with Crippen LogP contribution in [0.2, 0.25) is 0 Å². The van der Waals surface area contributed by atoms with Crippen molar-refractivity contribution >= 4 is 23.7 Å². The first-order valence-corrected chi connectivity index (χ1v) is 10.4. The van der Waals surface area contributed by atoms with Gasteiger partial charge in [0.2, 0.25) is 0 Å². The van der Waals surface area contributed by atoms with E-state index in [9.17, 15) is 14.0 Å². The van der Waals surface area contributed by atoms with Crippen molar-refractivity contribution in [3.05, 3.63) is 47.7 Å². The molecule has 0 fully saturated rings. The van der Waals surface area contributed by atoms with Crippen LogP contribution in [0.3, 0.4) is 0 Å². The number of nitrogens with zero attached hydrogens (tertiary/aromatic N) is 5. The van der Waals surface area contributed by atoms with E-state index in [0.717, 1.165) is 6.20 Å². The molecule has 0 radical (unpaired) electrons. The van der Waals surface area contributed by atoms with Crippen LogP contribution >= 0.6 is 0 Å². The van der Waals surface area contributed by atoms with Gasteiger partial charge >= 0.3 is 12.2 Å². The Hall–Kier alpha value is -4.09. The Morgan fingerprint density at radius 1 is 1.12 bits per heavy atom. The van der Waals surface area contributed by atoms with Crippen molar-refractivity contribution < 1.29 is 23.5 Å². The summed E-state index contributed by atoms with van der Waals surface area (Å²) in [5, 5.41) is 13.2. The Labute approximate surface area is 195 Å². The van der Waals surface area contributed by atoms with Gasteiger partial charge in [-0.3, -0.25) is 20.6 Å². The topological polar surface area (TPSA) is 133 Å². The number of aromatic nitrogens is 5. The van der Waals surface area contributed by atoms with Crippen LogP contribution in [-0.4, -0.2) is 42.7 Å². The molecule has 0 aliphatic heterocycles. The Kier molecular flexibility index (Phi) is 7.08. The Bertz CT molecular complexity index is 1190. The summed E-state index contributed by atoms with van der Waals surface area (Å²) in [7, 11) is 1.59. The molecule has 0 saturated carbocycles. The Morgan fingerprint density at radius 3 is 2.50 bits per heavy atom. The Balaban J connectivity index is 1.70. The number of halogens is 1. The molecule has 3 aromatic rings. The third-order valence-corrected chi connectivity index (χ3v) is 4.51. The predicted molar refractivity (Wildman–Crippen MR) is 122 cm³/mol. The first kappa shape index (κ1) is 24.6. The molecule has 2 N–H and O–H groups in total. The number of carbonyl (C=O) groups is 2. The van der Waals surface area contributed by atoms with Gasteiger partial charge in [0.05, 0.1) is 23.8 Å². The third-order valence-electron chi connectivity index (χ3n) is 4.51. The number of anilines is 2. The second-order valence-electron chi connectivity index (χ2n) is 8.47. The second kappa shape index (κ2) is 9.81. The van der Waals surface area contributed by atoms with Gasteiger partial charge in [-0.1, -0.05) is 5.21 Å². The fraction of sp³-hybridized carbons (Fsp3) is 0.364. The molecule has 0 aromatic carbocycles. The number of rotatable bonds is 5. The highest BCUT2D eigenvalue weighted by Crippen LogP contribution is 2.26. The molecule has 11 nitrogen and oxygen atoms in total. The fourth-order valence-corrected chi connectivity index (χ4v) is 2.98. The minimum absolute atomic E-state index is 0.242. The van der Waals surface area contributed by atoms with Gasteiger partial charge in [0.25, 0.3) is 0 Å². The molecule has 34 heavy (non-hydrogen) atoms. The van der Waals surface area contributed by atoms with Crippen LogP contribution in [-0.2, 0) is 16.5 Å². The van der Waals surface area contributed by atoms with E-state index in [2.05, 4.69) is 30.9 Å². The molecule has 0 aliphatic carbocycles. The van der Waals surface area contributed by atoms with Crippen LogP contribution < -0.4 is 10.6 Å². The summed E-state index contributed by atoms with van der Waals surface area (Å²) in [5.74, 6) is -0.281. The van der Waals surface area contributed by atoms with E-state index in [-0.39, 0.29) is 5.82 Å². The van der Waals surface area contributed by atoms with Crippen molar-refractivity contribution in [2.75, 3.05) is 10.6 Å². The van der Waals surface area contributed by atoms with Gasteiger partial charge in [0.15, 0.2) is 11.5 Å². The summed E-state index contributed by atoms with van der Waals surface area (Å²) >= 11 is 0. The zero-order valence-electron chi connectivity index (χ0n) is 19.7. The lowest BCUT2D eigenvalue weighted by Crippen LogP contribution is -2.27. The lowest BCUT2D eigenvalue weighted by atomic mass is 10.1. The molecule has 2 amide bonds. The fourth-order valence-electron chi connectivity index (χ4n) is 2.98. The van der Waals surface area contributed by atoms with Crippen LogP contribution in [0.25, 0.3) is 11.4 Å². The summed E-state index contributed by atoms with van der Waals surface area (Å²) in [6.07, 6.45) is 0.387. The number of hydrogen-bond acceptors (Lipinski definition) is 8. The quantitative estimate of drug-likeness (QED) is 0.560. The summed E-state index contributed by atoms with van der Waals surface area (Å²) in [4.78, 5) is 32.7. The smallest absolute Gasteiger partial charge is 0.413 e. The van der Waals surface area contributed by atoms with E-state index >= 15 is 0 Å². The lowest BCUT2D eigenvalue weighted by molar-refractivity contribution is 0.0635. The molecule has 0 saturated heterocycles. The highest BCUT2D eigenvalue weighted by molar-refractivity contribution is 5.88. The van der Waals surface area contributed by atoms with E-state index in [1.54, 1.807) is 53.8 Å². The molecule has 3 heterocycles. The van der Waals surface area contributed by atoms with Gasteiger partial charge in [-0.05, 0) is 52.8 Å². The molecule has 0 spiro atoms. The molecule has 0 aliphatic rings. The first-order valence-electron chi connectivity index (χ1n) is 10.4. The number of ether oxygens (including phenoxy) is 2. The molecule has 1 atom stereocenters. The van der Waals surface area contributed by atoms with Gasteiger partial charge in [-0.25, -0.2) is 18.7 Å². The van der Waals surface area contributed by atoms with E-state index in [0.29, 0.717) is 28.3 Å². The number of nitrogens with one attached hydrogen (secondary N) is 2. The number of hydrogen-bond donors (Lipinski definition) is 2. The van der Waals surface area contributed by atoms with Gasteiger partial charge < -0.3 is 9.47 Å². The molecule has 3 aromatic heterocycles. The molecular formula is C22H26FN7O4. The highest BCUT2D eigenvalue weighted by atomic mass is 19.1. The summed E-state index contributed by atoms with van der Waals surface area (Å²) in [5.41, 5.74) is 1.48. The number of amides is 2. The molecule has 180 valence electrons. The minimum atomic E-state index is -0.786. The van der Waals surface area contributed by atoms with Crippen molar-refractivity contribution in [3.8, 4) is 11.4 Å². The number of pyridine rings is 2. The molecule has 0 bridgehead atoms. The van der Waals surface area contributed by atoms with Crippen LogP contribution in [0.15, 0.2) is 30.6 Å². The molecular weight excluding hydrogens is 445 g/mol. The SMILES string of the molecule is Cc1ncc(F)cc1[C@@H](C)OC(=O)Nc1c(-c2ccc(NC(=O)OC(C)(C)C)cn2)nnn1C. The number of carbonyl (C=O) groups excluding carboxylic acids is 2. The average Bonchev–Trinajstić information content (AvgIpc) is 3.09. The predicted octanol–water partition coefficient (Wildman–Crippen LogP) is 4.38. The van der Waals surface area contributed by atoms with Crippen molar-refractivity contribution in [1.82, 2.24) is 25.0 Å². The van der Waals surface area contributed by atoms with E-state index in [4.69, 9.17) is 9.47 Å². The molecule has 3 rings (SSSR count). The minimum Gasteiger partial charge on any atom is -0.444 e. The van der Waals surface area contributed by atoms with Gasteiger partial charge in [0.1, 0.15) is 17.5 Å². The summed E-state index contributed by atoms with van der Waals surface area (Å²) < 4.78 is 25.5. The standard InChI is InChI=1S/C22H26FN7O4/c1-12-16(9-14(23)10-24-12)13(2)33-20(31)27-19-18(28-29-30(19)6)17-8-7-15(11-25-17)26-21(32)34-22(3,4)5/h7-11,13H,1-6H3,(H,26,32)(H,27,31)/t13-/m1/s1. The highest BCUT2D eigenvalue weighted by Gasteiger charge is 2.21. The lowest BCUT2D eigenvalue weighted by Gasteiger charge is -2.19. The van der Waals surface area contributed by atoms with Gasteiger partial charge in [0, 0.05) is 18.3 Å².